The van der Waals surface area contributed by atoms with Gasteiger partial charge in [-0.05, 0) is 31.6 Å². The molecule has 3 aliphatic rings. The zero-order valence-electron chi connectivity index (χ0n) is 12.5. The highest BCUT2D eigenvalue weighted by Crippen LogP contribution is 2.55. The van der Waals surface area contributed by atoms with E-state index in [4.69, 9.17) is 9.47 Å². The predicted molar refractivity (Wildman–Crippen MR) is 86.6 cm³/mol. The van der Waals surface area contributed by atoms with E-state index in [9.17, 15) is 0 Å². The lowest BCUT2D eigenvalue weighted by Gasteiger charge is -2.36. The molecule has 3 unspecified atom stereocenters. The third kappa shape index (κ3) is 1.85. The van der Waals surface area contributed by atoms with Gasteiger partial charge in [-0.1, -0.05) is 18.2 Å². The maximum absolute atomic E-state index is 6.37. The molecule has 0 amide bonds. The first-order valence-electron chi connectivity index (χ1n) is 7.57. The maximum atomic E-state index is 6.37. The highest BCUT2D eigenvalue weighted by molar-refractivity contribution is 7.81. The largest absolute Gasteiger partial charge is 0.493 e. The van der Waals surface area contributed by atoms with Crippen LogP contribution in [0.1, 0.15) is 24.0 Å². The highest BCUT2D eigenvalue weighted by Gasteiger charge is 2.52. The number of benzene rings is 1. The molecule has 0 saturated heterocycles. The second-order valence-electron chi connectivity index (χ2n) is 6.43. The monoisotopic (exact) mass is 303 g/mol. The Hall–Kier alpha value is -1.13. The summed E-state index contributed by atoms with van der Waals surface area (Å²) < 4.78 is 11.9. The molecule has 0 bridgehead atoms. The third-order valence-corrected chi connectivity index (χ3v) is 5.53. The van der Waals surface area contributed by atoms with Crippen molar-refractivity contribution in [3.05, 3.63) is 35.4 Å². The van der Waals surface area contributed by atoms with Crippen LogP contribution in [0.25, 0.3) is 0 Å². The highest BCUT2D eigenvalue weighted by atomic mass is 32.1. The van der Waals surface area contributed by atoms with Crippen molar-refractivity contribution in [1.29, 1.82) is 0 Å². The number of nitrogens with zero attached hydrogens (tertiary/aromatic N) is 1. The van der Waals surface area contributed by atoms with Crippen molar-refractivity contribution in [1.82, 2.24) is 4.90 Å². The molecule has 0 saturated carbocycles. The second-order valence-corrected chi connectivity index (χ2v) is 7.09. The summed E-state index contributed by atoms with van der Waals surface area (Å²) in [5, 5.41) is 0.283. The number of hydrogen-bond donors (Lipinski definition) is 1. The van der Waals surface area contributed by atoms with Gasteiger partial charge < -0.3 is 14.4 Å². The van der Waals surface area contributed by atoms with Gasteiger partial charge in [0.2, 0.25) is 0 Å². The van der Waals surface area contributed by atoms with E-state index in [1.165, 1.54) is 11.1 Å². The molecular formula is C17H21NO2S. The minimum Gasteiger partial charge on any atom is -0.493 e. The van der Waals surface area contributed by atoms with E-state index < -0.39 is 0 Å². The fourth-order valence-electron chi connectivity index (χ4n) is 4.08. The first-order valence-corrected chi connectivity index (χ1v) is 8.08. The molecule has 112 valence electrons. The predicted octanol–water partition coefficient (Wildman–Crippen LogP) is 2.79. The van der Waals surface area contributed by atoms with Crippen LogP contribution >= 0.6 is 12.6 Å². The van der Waals surface area contributed by atoms with E-state index in [-0.39, 0.29) is 16.8 Å². The van der Waals surface area contributed by atoms with Crippen LogP contribution in [0.5, 0.6) is 11.5 Å². The van der Waals surface area contributed by atoms with Crippen LogP contribution in [0.4, 0.5) is 0 Å². The average molecular weight is 303 g/mol. The van der Waals surface area contributed by atoms with Crippen LogP contribution in [0.15, 0.2) is 24.3 Å². The molecule has 3 atom stereocenters. The SMILES string of the molecule is COc1ccc2c3c1OC1CC(S)C=CC31CCN(C)C2. The van der Waals surface area contributed by atoms with Gasteiger partial charge in [0.15, 0.2) is 11.5 Å². The normalized spacial score (nSPS) is 33.9. The lowest BCUT2D eigenvalue weighted by atomic mass is 9.69. The molecule has 0 radical (unpaired) electrons. The molecule has 21 heavy (non-hydrogen) atoms. The Morgan fingerprint density at radius 1 is 1.43 bits per heavy atom. The van der Waals surface area contributed by atoms with E-state index in [0.29, 0.717) is 0 Å². The summed E-state index contributed by atoms with van der Waals surface area (Å²) in [4.78, 5) is 2.40. The summed E-state index contributed by atoms with van der Waals surface area (Å²) in [5.74, 6) is 1.82. The first-order chi connectivity index (χ1) is 10.1. The standard InChI is InChI=1S/C17H21NO2S/c1-18-8-7-17-6-5-12(21)9-14(17)20-16-13(19-2)4-3-11(10-18)15(16)17/h3-6,12,14,21H,7-10H2,1-2H3. The molecule has 0 aromatic heterocycles. The van der Waals surface area contributed by atoms with Crippen molar-refractivity contribution in [3.63, 3.8) is 0 Å². The first kappa shape index (κ1) is 13.5. The molecule has 4 heteroatoms. The average Bonchev–Trinajstić information content (AvgIpc) is 2.72. The van der Waals surface area contributed by atoms with Gasteiger partial charge in [0.25, 0.3) is 0 Å². The van der Waals surface area contributed by atoms with Crippen molar-refractivity contribution in [3.8, 4) is 11.5 Å². The molecular weight excluding hydrogens is 282 g/mol. The molecule has 1 aromatic carbocycles. The Labute approximate surface area is 131 Å². The van der Waals surface area contributed by atoms with Gasteiger partial charge >= 0.3 is 0 Å². The van der Waals surface area contributed by atoms with E-state index in [1.807, 2.05) is 6.07 Å². The Morgan fingerprint density at radius 2 is 2.29 bits per heavy atom. The summed E-state index contributed by atoms with van der Waals surface area (Å²) in [6, 6.07) is 4.24. The number of ether oxygens (including phenoxy) is 2. The van der Waals surface area contributed by atoms with E-state index in [1.54, 1.807) is 7.11 Å². The number of rotatable bonds is 1. The van der Waals surface area contributed by atoms with E-state index in [0.717, 1.165) is 37.4 Å². The number of thiol groups is 1. The lowest BCUT2D eigenvalue weighted by molar-refractivity contribution is 0.141. The fourth-order valence-corrected chi connectivity index (χ4v) is 4.35. The Balaban J connectivity index is 1.95. The van der Waals surface area contributed by atoms with E-state index >= 15 is 0 Å². The summed E-state index contributed by atoms with van der Waals surface area (Å²) in [6.07, 6.45) is 6.83. The zero-order chi connectivity index (χ0) is 14.6. The van der Waals surface area contributed by atoms with Crippen LogP contribution in [0, 0.1) is 0 Å². The van der Waals surface area contributed by atoms with Gasteiger partial charge in [-0.3, -0.25) is 0 Å². The molecule has 1 spiro atoms. The van der Waals surface area contributed by atoms with Crippen LogP contribution < -0.4 is 9.47 Å². The van der Waals surface area contributed by atoms with Crippen molar-refractivity contribution in [2.45, 2.75) is 36.2 Å². The molecule has 4 rings (SSSR count). The number of methoxy groups -OCH3 is 1. The topological polar surface area (TPSA) is 21.7 Å². The Morgan fingerprint density at radius 3 is 3.10 bits per heavy atom. The summed E-state index contributed by atoms with van der Waals surface area (Å²) >= 11 is 4.63. The molecule has 0 N–H and O–H groups in total. The molecule has 0 fully saturated rings. The minimum atomic E-state index is 0.00317. The Kier molecular flexibility index (Phi) is 3.02. The second kappa shape index (κ2) is 4.68. The van der Waals surface area contributed by atoms with Crippen molar-refractivity contribution >= 4 is 12.6 Å². The van der Waals surface area contributed by atoms with Gasteiger partial charge in [0.05, 0.1) is 12.5 Å². The molecule has 2 heterocycles. The molecule has 3 nitrogen and oxygen atoms in total. The molecule has 1 aliphatic carbocycles. The lowest BCUT2D eigenvalue weighted by Crippen LogP contribution is -2.41. The smallest absolute Gasteiger partial charge is 0.166 e. The van der Waals surface area contributed by atoms with Crippen LogP contribution in [-0.4, -0.2) is 37.0 Å². The summed E-state index contributed by atoms with van der Waals surface area (Å²) in [7, 11) is 3.91. The Bertz CT molecular complexity index is 615. The van der Waals surface area contributed by atoms with Crippen LogP contribution in [-0.2, 0) is 12.0 Å². The van der Waals surface area contributed by atoms with Gasteiger partial charge in [-0.25, -0.2) is 0 Å². The van der Waals surface area contributed by atoms with Gasteiger partial charge in [0, 0.05) is 23.8 Å². The van der Waals surface area contributed by atoms with Crippen LogP contribution in [0.3, 0.4) is 0 Å². The van der Waals surface area contributed by atoms with Gasteiger partial charge in [0.1, 0.15) is 6.10 Å². The van der Waals surface area contributed by atoms with Gasteiger partial charge in [-0.15, -0.1) is 0 Å². The maximum Gasteiger partial charge on any atom is 0.166 e. The summed E-state index contributed by atoms with van der Waals surface area (Å²) in [5.41, 5.74) is 2.73. The summed E-state index contributed by atoms with van der Waals surface area (Å²) in [6.45, 7) is 2.06. The van der Waals surface area contributed by atoms with E-state index in [2.05, 4.69) is 42.8 Å². The quantitative estimate of drug-likeness (QED) is 0.637. The van der Waals surface area contributed by atoms with Crippen molar-refractivity contribution < 1.29 is 9.47 Å². The molecule has 2 aliphatic heterocycles. The number of hydrogen-bond acceptors (Lipinski definition) is 4. The zero-order valence-corrected chi connectivity index (χ0v) is 13.4. The third-order valence-electron chi connectivity index (χ3n) is 5.15. The fraction of sp³-hybridized carbons (Fsp3) is 0.529. The molecule has 1 aromatic rings. The van der Waals surface area contributed by atoms with Crippen molar-refractivity contribution in [2.24, 2.45) is 0 Å². The van der Waals surface area contributed by atoms with Gasteiger partial charge in [-0.2, -0.15) is 12.6 Å². The van der Waals surface area contributed by atoms with Crippen LogP contribution in [0.2, 0.25) is 0 Å². The van der Waals surface area contributed by atoms with Crippen molar-refractivity contribution in [2.75, 3.05) is 20.7 Å². The minimum absolute atomic E-state index is 0.00317.